The summed E-state index contributed by atoms with van der Waals surface area (Å²) in [5.74, 6) is 0.598. The van der Waals surface area contributed by atoms with Gasteiger partial charge < -0.3 is 0 Å². The number of allylic oxidation sites excluding steroid dienone is 2. The zero-order chi connectivity index (χ0) is 11.8. The zero-order valence-corrected chi connectivity index (χ0v) is 10.3. The predicted octanol–water partition coefficient (Wildman–Crippen LogP) is 4.38. The van der Waals surface area contributed by atoms with Crippen LogP contribution >= 0.6 is 0 Å². The van der Waals surface area contributed by atoms with Crippen molar-refractivity contribution in [1.29, 1.82) is 0 Å². The summed E-state index contributed by atoms with van der Waals surface area (Å²) in [5.41, 5.74) is 2.05. The summed E-state index contributed by atoms with van der Waals surface area (Å²) >= 11 is 0. The molecule has 0 bridgehead atoms. The molecule has 1 aliphatic rings. The van der Waals surface area contributed by atoms with E-state index in [1.807, 2.05) is 19.1 Å². The van der Waals surface area contributed by atoms with E-state index in [1.54, 1.807) is 6.07 Å². The van der Waals surface area contributed by atoms with Gasteiger partial charge in [0.1, 0.15) is 5.82 Å². The molecule has 1 aliphatic carbocycles. The second-order valence-corrected chi connectivity index (χ2v) is 5.33. The van der Waals surface area contributed by atoms with Crippen LogP contribution in [0.1, 0.15) is 37.8 Å². The van der Waals surface area contributed by atoms with Crippen molar-refractivity contribution in [2.75, 3.05) is 0 Å². The number of benzene rings is 1. The molecular weight excluding hydrogens is 199 g/mol. The number of hydrogen-bond donors (Lipinski definition) is 0. The van der Waals surface area contributed by atoms with Crippen molar-refractivity contribution in [1.82, 2.24) is 0 Å². The summed E-state index contributed by atoms with van der Waals surface area (Å²) in [5, 5.41) is 0. The first-order chi connectivity index (χ1) is 7.51. The van der Waals surface area contributed by atoms with Gasteiger partial charge in [-0.15, -0.1) is 0 Å². The van der Waals surface area contributed by atoms with Crippen LogP contribution in [0, 0.1) is 18.7 Å². The van der Waals surface area contributed by atoms with E-state index in [2.05, 4.69) is 26.0 Å². The van der Waals surface area contributed by atoms with Crippen molar-refractivity contribution in [2.45, 2.75) is 39.0 Å². The molecule has 0 nitrogen and oxygen atoms in total. The number of aryl methyl sites for hydroxylation is 1. The number of halogens is 1. The van der Waals surface area contributed by atoms with E-state index in [1.165, 1.54) is 5.56 Å². The fourth-order valence-electron chi connectivity index (χ4n) is 2.65. The Kier molecular flexibility index (Phi) is 2.88. The van der Waals surface area contributed by atoms with Crippen molar-refractivity contribution >= 4 is 0 Å². The van der Waals surface area contributed by atoms with Gasteiger partial charge >= 0.3 is 0 Å². The SMILES string of the molecule is Cc1cc(C2(C)C=CCC(C)C2)ccc1F. The highest BCUT2D eigenvalue weighted by Gasteiger charge is 2.28. The molecule has 1 aromatic carbocycles. The van der Waals surface area contributed by atoms with Gasteiger partial charge in [-0.1, -0.05) is 38.1 Å². The minimum absolute atomic E-state index is 0.0795. The second kappa shape index (κ2) is 4.04. The Bertz CT molecular complexity index is 419. The summed E-state index contributed by atoms with van der Waals surface area (Å²) < 4.78 is 13.2. The average molecular weight is 218 g/mol. The van der Waals surface area contributed by atoms with E-state index in [0.717, 1.165) is 18.4 Å². The monoisotopic (exact) mass is 218 g/mol. The first-order valence-electron chi connectivity index (χ1n) is 5.95. The lowest BCUT2D eigenvalue weighted by Crippen LogP contribution is -2.25. The molecule has 2 atom stereocenters. The lowest BCUT2D eigenvalue weighted by Gasteiger charge is -2.33. The molecule has 0 fully saturated rings. The molecule has 0 amide bonds. The number of hydrogen-bond acceptors (Lipinski definition) is 0. The van der Waals surface area contributed by atoms with Crippen molar-refractivity contribution in [3.8, 4) is 0 Å². The average Bonchev–Trinajstić information content (AvgIpc) is 2.21. The van der Waals surface area contributed by atoms with Crippen molar-refractivity contribution in [3.05, 3.63) is 47.3 Å². The van der Waals surface area contributed by atoms with Gasteiger partial charge in [-0.2, -0.15) is 0 Å². The smallest absolute Gasteiger partial charge is 0.126 e. The predicted molar refractivity (Wildman–Crippen MR) is 66.0 cm³/mol. The van der Waals surface area contributed by atoms with Crippen LogP contribution in [-0.2, 0) is 5.41 Å². The van der Waals surface area contributed by atoms with Gasteiger partial charge in [0.25, 0.3) is 0 Å². The van der Waals surface area contributed by atoms with Gasteiger partial charge in [0.2, 0.25) is 0 Å². The van der Waals surface area contributed by atoms with Crippen molar-refractivity contribution < 1.29 is 4.39 Å². The molecule has 86 valence electrons. The first kappa shape index (κ1) is 11.4. The maximum atomic E-state index is 13.2. The number of rotatable bonds is 1. The van der Waals surface area contributed by atoms with Crippen LogP contribution in [0.2, 0.25) is 0 Å². The van der Waals surface area contributed by atoms with Crippen LogP contribution in [0.5, 0.6) is 0 Å². The maximum absolute atomic E-state index is 13.2. The van der Waals surface area contributed by atoms with E-state index in [9.17, 15) is 4.39 Å². The van der Waals surface area contributed by atoms with Gasteiger partial charge in [-0.3, -0.25) is 0 Å². The van der Waals surface area contributed by atoms with Gasteiger partial charge in [0.05, 0.1) is 0 Å². The summed E-state index contributed by atoms with van der Waals surface area (Å²) in [6.07, 6.45) is 6.84. The Balaban J connectivity index is 2.39. The molecular formula is C15H19F. The Morgan fingerprint density at radius 2 is 2.12 bits per heavy atom. The lowest BCUT2D eigenvalue weighted by atomic mass is 9.71. The minimum Gasteiger partial charge on any atom is -0.207 e. The molecule has 16 heavy (non-hydrogen) atoms. The summed E-state index contributed by atoms with van der Waals surface area (Å²) in [6.45, 7) is 6.35. The van der Waals surface area contributed by atoms with Crippen LogP contribution in [0.25, 0.3) is 0 Å². The van der Waals surface area contributed by atoms with E-state index in [0.29, 0.717) is 5.92 Å². The first-order valence-corrected chi connectivity index (χ1v) is 5.95. The van der Waals surface area contributed by atoms with E-state index < -0.39 is 0 Å². The normalized spacial score (nSPS) is 29.4. The fourth-order valence-corrected chi connectivity index (χ4v) is 2.65. The molecule has 0 N–H and O–H groups in total. The molecule has 1 aromatic rings. The van der Waals surface area contributed by atoms with Crippen LogP contribution in [0.15, 0.2) is 30.4 Å². The Morgan fingerprint density at radius 3 is 2.75 bits per heavy atom. The standard InChI is InChI=1S/C15H19F/c1-11-5-4-8-15(3,10-11)13-6-7-14(16)12(2)9-13/h4,6-9,11H,5,10H2,1-3H3. The highest BCUT2D eigenvalue weighted by Crippen LogP contribution is 2.37. The Labute approximate surface area is 97.2 Å². The molecule has 0 saturated carbocycles. The molecule has 0 heterocycles. The molecule has 0 radical (unpaired) electrons. The Hall–Kier alpha value is -1.11. The van der Waals surface area contributed by atoms with Crippen LogP contribution in [0.3, 0.4) is 0 Å². The van der Waals surface area contributed by atoms with Gasteiger partial charge in [0, 0.05) is 5.41 Å². The van der Waals surface area contributed by atoms with Crippen LogP contribution in [0.4, 0.5) is 4.39 Å². The van der Waals surface area contributed by atoms with E-state index in [-0.39, 0.29) is 11.2 Å². The maximum Gasteiger partial charge on any atom is 0.126 e. The third kappa shape index (κ3) is 2.04. The third-order valence-corrected chi connectivity index (χ3v) is 3.61. The van der Waals surface area contributed by atoms with Gasteiger partial charge in [-0.25, -0.2) is 4.39 Å². The van der Waals surface area contributed by atoms with Crippen molar-refractivity contribution in [3.63, 3.8) is 0 Å². The molecule has 2 unspecified atom stereocenters. The van der Waals surface area contributed by atoms with Gasteiger partial charge in [-0.05, 0) is 42.9 Å². The summed E-state index contributed by atoms with van der Waals surface area (Å²) in [7, 11) is 0. The van der Waals surface area contributed by atoms with Gasteiger partial charge in [0.15, 0.2) is 0 Å². The minimum atomic E-state index is -0.111. The van der Waals surface area contributed by atoms with E-state index >= 15 is 0 Å². The van der Waals surface area contributed by atoms with Crippen LogP contribution < -0.4 is 0 Å². The molecule has 0 aromatic heterocycles. The Morgan fingerprint density at radius 1 is 1.38 bits per heavy atom. The molecule has 0 spiro atoms. The topological polar surface area (TPSA) is 0 Å². The lowest BCUT2D eigenvalue weighted by molar-refractivity contribution is 0.395. The van der Waals surface area contributed by atoms with E-state index in [4.69, 9.17) is 0 Å². The molecule has 0 aliphatic heterocycles. The van der Waals surface area contributed by atoms with Crippen LogP contribution in [-0.4, -0.2) is 0 Å². The molecule has 2 rings (SSSR count). The molecule has 1 heteroatoms. The molecule has 0 saturated heterocycles. The highest BCUT2D eigenvalue weighted by molar-refractivity contribution is 5.34. The fraction of sp³-hybridized carbons (Fsp3) is 0.467. The third-order valence-electron chi connectivity index (χ3n) is 3.61. The zero-order valence-electron chi connectivity index (χ0n) is 10.3. The summed E-state index contributed by atoms with van der Waals surface area (Å²) in [4.78, 5) is 0. The largest absolute Gasteiger partial charge is 0.207 e. The summed E-state index contributed by atoms with van der Waals surface area (Å²) in [6, 6.07) is 5.49. The quantitative estimate of drug-likeness (QED) is 0.614. The second-order valence-electron chi connectivity index (χ2n) is 5.33. The highest BCUT2D eigenvalue weighted by atomic mass is 19.1. The van der Waals surface area contributed by atoms with Crippen molar-refractivity contribution in [2.24, 2.45) is 5.92 Å².